The van der Waals surface area contributed by atoms with Crippen molar-refractivity contribution in [3.63, 3.8) is 0 Å². The van der Waals surface area contributed by atoms with Gasteiger partial charge in [-0.25, -0.2) is 4.39 Å². The second kappa shape index (κ2) is 4.63. The topological polar surface area (TPSA) is 64.9 Å². The molecule has 1 aromatic heterocycles. The van der Waals surface area contributed by atoms with Gasteiger partial charge in [0.05, 0.1) is 5.56 Å². The molecule has 17 heavy (non-hydrogen) atoms. The molecule has 4 nitrogen and oxygen atoms in total. The summed E-state index contributed by atoms with van der Waals surface area (Å²) < 4.78 is 18.7. The summed E-state index contributed by atoms with van der Waals surface area (Å²) in [6.07, 6.45) is 0.511. The van der Waals surface area contributed by atoms with Crippen LogP contribution < -0.4 is 5.73 Å². The fraction of sp³-hybridized carbons (Fsp3) is 0.333. The monoisotopic (exact) mass is 235 g/mol. The molecule has 2 aromatic rings. The van der Waals surface area contributed by atoms with Crippen LogP contribution in [0.4, 0.5) is 4.39 Å². The van der Waals surface area contributed by atoms with Gasteiger partial charge in [-0.3, -0.25) is 0 Å². The van der Waals surface area contributed by atoms with E-state index in [1.54, 1.807) is 12.1 Å². The SMILES string of the molecule is Cc1ccc(-c2nc(CC(C)N)no2)c(F)c1. The second-order valence-corrected chi connectivity index (χ2v) is 4.18. The van der Waals surface area contributed by atoms with Crippen molar-refractivity contribution in [3.8, 4) is 11.5 Å². The molecule has 2 rings (SSSR count). The minimum absolute atomic E-state index is 0.0525. The quantitative estimate of drug-likeness (QED) is 0.884. The summed E-state index contributed by atoms with van der Waals surface area (Å²) in [6, 6.07) is 4.82. The van der Waals surface area contributed by atoms with Gasteiger partial charge in [0.25, 0.3) is 5.89 Å². The molecule has 0 bridgehead atoms. The Morgan fingerprint density at radius 1 is 1.47 bits per heavy atom. The Labute approximate surface area is 98.6 Å². The van der Waals surface area contributed by atoms with Crippen molar-refractivity contribution >= 4 is 0 Å². The summed E-state index contributed by atoms with van der Waals surface area (Å²) in [5.74, 6) is 0.328. The lowest BCUT2D eigenvalue weighted by atomic mass is 10.1. The van der Waals surface area contributed by atoms with E-state index in [4.69, 9.17) is 10.3 Å². The molecule has 1 aromatic carbocycles. The van der Waals surface area contributed by atoms with Gasteiger partial charge in [0.15, 0.2) is 5.82 Å². The van der Waals surface area contributed by atoms with Crippen LogP contribution in [-0.4, -0.2) is 16.2 Å². The summed E-state index contributed by atoms with van der Waals surface area (Å²) in [7, 11) is 0. The van der Waals surface area contributed by atoms with Crippen molar-refractivity contribution in [2.45, 2.75) is 26.3 Å². The van der Waals surface area contributed by atoms with Crippen LogP contribution in [0.2, 0.25) is 0 Å². The molecule has 0 fully saturated rings. The predicted octanol–water partition coefficient (Wildman–Crippen LogP) is 2.07. The largest absolute Gasteiger partial charge is 0.334 e. The molecule has 1 unspecified atom stereocenters. The van der Waals surface area contributed by atoms with Crippen molar-refractivity contribution < 1.29 is 8.91 Å². The smallest absolute Gasteiger partial charge is 0.260 e. The van der Waals surface area contributed by atoms with Gasteiger partial charge in [0.2, 0.25) is 0 Å². The maximum absolute atomic E-state index is 13.7. The first-order valence-electron chi connectivity index (χ1n) is 5.41. The van der Waals surface area contributed by atoms with E-state index in [2.05, 4.69) is 10.1 Å². The molecule has 0 saturated heterocycles. The molecule has 0 radical (unpaired) electrons. The zero-order chi connectivity index (χ0) is 12.4. The van der Waals surface area contributed by atoms with Crippen LogP contribution in [0.3, 0.4) is 0 Å². The maximum atomic E-state index is 13.7. The maximum Gasteiger partial charge on any atom is 0.260 e. The molecule has 0 amide bonds. The number of nitrogens with zero attached hydrogens (tertiary/aromatic N) is 2. The minimum Gasteiger partial charge on any atom is -0.334 e. The first kappa shape index (κ1) is 11.7. The summed E-state index contributed by atoms with van der Waals surface area (Å²) in [5.41, 5.74) is 6.79. The van der Waals surface area contributed by atoms with E-state index in [0.717, 1.165) is 5.56 Å². The molecular weight excluding hydrogens is 221 g/mol. The van der Waals surface area contributed by atoms with Crippen LogP contribution in [0.5, 0.6) is 0 Å². The van der Waals surface area contributed by atoms with E-state index >= 15 is 0 Å². The van der Waals surface area contributed by atoms with E-state index in [0.29, 0.717) is 17.8 Å². The lowest BCUT2D eigenvalue weighted by Crippen LogP contribution is -2.18. The van der Waals surface area contributed by atoms with Crippen molar-refractivity contribution in [3.05, 3.63) is 35.4 Å². The third kappa shape index (κ3) is 2.68. The number of aryl methyl sites for hydroxylation is 1. The van der Waals surface area contributed by atoms with E-state index < -0.39 is 0 Å². The standard InChI is InChI=1S/C12H14FN3O/c1-7-3-4-9(10(13)5-7)12-15-11(16-17-12)6-8(2)14/h3-5,8H,6,14H2,1-2H3. The molecule has 0 aliphatic rings. The Kier molecular flexibility index (Phi) is 3.19. The number of hydrogen-bond donors (Lipinski definition) is 1. The lowest BCUT2D eigenvalue weighted by molar-refractivity contribution is 0.418. The Bertz CT molecular complexity index is 522. The minimum atomic E-state index is -0.360. The molecule has 2 N–H and O–H groups in total. The highest BCUT2D eigenvalue weighted by Gasteiger charge is 2.13. The highest BCUT2D eigenvalue weighted by Crippen LogP contribution is 2.21. The Morgan fingerprint density at radius 3 is 2.88 bits per heavy atom. The molecule has 0 spiro atoms. The van der Waals surface area contributed by atoms with Gasteiger partial charge in [-0.2, -0.15) is 4.98 Å². The number of aromatic nitrogens is 2. The molecule has 0 saturated carbocycles. The van der Waals surface area contributed by atoms with Gasteiger partial charge in [0.1, 0.15) is 5.82 Å². The van der Waals surface area contributed by atoms with Gasteiger partial charge in [-0.1, -0.05) is 11.2 Å². The van der Waals surface area contributed by atoms with Crippen molar-refractivity contribution in [1.82, 2.24) is 10.1 Å². The van der Waals surface area contributed by atoms with Gasteiger partial charge in [-0.15, -0.1) is 0 Å². The average molecular weight is 235 g/mol. The van der Waals surface area contributed by atoms with Crippen LogP contribution in [0.1, 0.15) is 18.3 Å². The third-order valence-corrected chi connectivity index (χ3v) is 2.33. The Hall–Kier alpha value is -1.75. The molecular formula is C12H14FN3O. The van der Waals surface area contributed by atoms with Crippen LogP contribution in [0, 0.1) is 12.7 Å². The summed E-state index contributed by atoms with van der Waals surface area (Å²) in [4.78, 5) is 4.11. The lowest BCUT2D eigenvalue weighted by Gasteiger charge is -1.98. The van der Waals surface area contributed by atoms with Crippen LogP contribution >= 0.6 is 0 Å². The van der Waals surface area contributed by atoms with Crippen molar-refractivity contribution in [1.29, 1.82) is 0 Å². The second-order valence-electron chi connectivity index (χ2n) is 4.18. The fourth-order valence-corrected chi connectivity index (χ4v) is 1.53. The van der Waals surface area contributed by atoms with Gasteiger partial charge in [0, 0.05) is 12.5 Å². The van der Waals surface area contributed by atoms with Crippen LogP contribution in [0.15, 0.2) is 22.7 Å². The van der Waals surface area contributed by atoms with E-state index in [1.807, 2.05) is 13.8 Å². The van der Waals surface area contributed by atoms with Gasteiger partial charge < -0.3 is 10.3 Å². The summed E-state index contributed by atoms with van der Waals surface area (Å²) in [5, 5.41) is 3.76. The van der Waals surface area contributed by atoms with E-state index in [1.165, 1.54) is 6.07 Å². The van der Waals surface area contributed by atoms with Crippen LogP contribution in [-0.2, 0) is 6.42 Å². The van der Waals surface area contributed by atoms with Crippen molar-refractivity contribution in [2.24, 2.45) is 5.73 Å². The summed E-state index contributed by atoms with van der Waals surface area (Å²) >= 11 is 0. The summed E-state index contributed by atoms with van der Waals surface area (Å²) in [6.45, 7) is 3.67. The highest BCUT2D eigenvalue weighted by atomic mass is 19.1. The first-order valence-corrected chi connectivity index (χ1v) is 5.41. The number of rotatable bonds is 3. The number of halogens is 1. The predicted molar refractivity (Wildman–Crippen MR) is 61.8 cm³/mol. The van der Waals surface area contributed by atoms with Gasteiger partial charge in [-0.05, 0) is 31.5 Å². The fourth-order valence-electron chi connectivity index (χ4n) is 1.53. The molecule has 1 atom stereocenters. The molecule has 1 heterocycles. The zero-order valence-electron chi connectivity index (χ0n) is 9.77. The zero-order valence-corrected chi connectivity index (χ0v) is 9.77. The first-order chi connectivity index (χ1) is 8.06. The molecule has 0 aliphatic heterocycles. The van der Waals surface area contributed by atoms with E-state index in [9.17, 15) is 4.39 Å². The van der Waals surface area contributed by atoms with E-state index in [-0.39, 0.29) is 17.7 Å². The Morgan fingerprint density at radius 2 is 2.24 bits per heavy atom. The number of nitrogens with two attached hydrogens (primary N) is 1. The van der Waals surface area contributed by atoms with Gasteiger partial charge >= 0.3 is 0 Å². The molecule has 0 aliphatic carbocycles. The van der Waals surface area contributed by atoms with Crippen LogP contribution in [0.25, 0.3) is 11.5 Å². The number of benzene rings is 1. The van der Waals surface area contributed by atoms with Crippen molar-refractivity contribution in [2.75, 3.05) is 0 Å². The molecule has 5 heteroatoms. The average Bonchev–Trinajstić information content (AvgIpc) is 2.65. The third-order valence-electron chi connectivity index (χ3n) is 2.33. The molecule has 90 valence electrons. The highest BCUT2D eigenvalue weighted by molar-refractivity contribution is 5.54. The number of hydrogen-bond acceptors (Lipinski definition) is 4. The Balaban J connectivity index is 2.30. The normalized spacial score (nSPS) is 12.7.